The van der Waals surface area contributed by atoms with Crippen molar-refractivity contribution in [1.82, 2.24) is 10.1 Å². The molecule has 0 aliphatic carbocycles. The topological polar surface area (TPSA) is 86.2 Å². The zero-order chi connectivity index (χ0) is 11.3. The summed E-state index contributed by atoms with van der Waals surface area (Å²) in [7, 11) is 1.85. The molecule has 82 valence electrons. The van der Waals surface area contributed by atoms with E-state index in [0.717, 1.165) is 6.54 Å². The number of aliphatic hydroxyl groups excluding tert-OH is 1. The molecular formula is C9H14N4O2. The fourth-order valence-corrected chi connectivity index (χ4v) is 1.00. The van der Waals surface area contributed by atoms with Gasteiger partial charge in [0.1, 0.15) is 0 Å². The number of hydrogen-bond donors (Lipinski definition) is 1. The van der Waals surface area contributed by atoms with Gasteiger partial charge in [0.2, 0.25) is 5.89 Å². The van der Waals surface area contributed by atoms with Crippen LogP contribution in [0.4, 0.5) is 5.95 Å². The summed E-state index contributed by atoms with van der Waals surface area (Å²) in [6.45, 7) is 2.75. The van der Waals surface area contributed by atoms with E-state index in [0.29, 0.717) is 11.8 Å². The van der Waals surface area contributed by atoms with Crippen molar-refractivity contribution in [3.05, 3.63) is 5.89 Å². The molecule has 6 heteroatoms. The van der Waals surface area contributed by atoms with Gasteiger partial charge in [-0.15, -0.1) is 0 Å². The summed E-state index contributed by atoms with van der Waals surface area (Å²) in [4.78, 5) is 5.91. The summed E-state index contributed by atoms with van der Waals surface area (Å²) < 4.78 is 4.93. The maximum absolute atomic E-state index is 9.34. The molecule has 6 nitrogen and oxygen atoms in total. The Kier molecular flexibility index (Phi) is 4.06. The van der Waals surface area contributed by atoms with Gasteiger partial charge in [0, 0.05) is 13.6 Å². The summed E-state index contributed by atoms with van der Waals surface area (Å²) in [6.07, 6.45) is -0.449. The van der Waals surface area contributed by atoms with Crippen LogP contribution >= 0.6 is 0 Å². The largest absolute Gasteiger partial charge is 0.392 e. The third-order valence-corrected chi connectivity index (χ3v) is 2.01. The quantitative estimate of drug-likeness (QED) is 0.754. The maximum atomic E-state index is 9.34. The second-order valence-electron chi connectivity index (χ2n) is 3.22. The molecular weight excluding hydrogens is 196 g/mol. The van der Waals surface area contributed by atoms with Crippen LogP contribution < -0.4 is 4.90 Å². The van der Waals surface area contributed by atoms with Crippen molar-refractivity contribution >= 4 is 5.95 Å². The average Bonchev–Trinajstić information content (AvgIpc) is 2.65. The second kappa shape index (κ2) is 5.32. The normalized spacial score (nSPS) is 12.1. The molecule has 1 unspecified atom stereocenters. The summed E-state index contributed by atoms with van der Waals surface area (Å²) in [5.41, 5.74) is 0. The lowest BCUT2D eigenvalue weighted by Gasteiger charge is -2.08. The molecule has 0 spiro atoms. The number of hydrogen-bond acceptors (Lipinski definition) is 6. The van der Waals surface area contributed by atoms with E-state index in [4.69, 9.17) is 9.78 Å². The highest BCUT2D eigenvalue weighted by molar-refractivity contribution is 5.25. The van der Waals surface area contributed by atoms with Crippen molar-refractivity contribution in [3.8, 4) is 6.07 Å². The first-order chi connectivity index (χ1) is 7.17. The number of anilines is 1. The Hall–Kier alpha value is -1.61. The average molecular weight is 210 g/mol. The molecule has 0 saturated heterocycles. The summed E-state index contributed by atoms with van der Waals surface area (Å²) in [5.74, 6) is 0.852. The molecule has 15 heavy (non-hydrogen) atoms. The Morgan fingerprint density at radius 1 is 1.67 bits per heavy atom. The van der Waals surface area contributed by atoms with E-state index >= 15 is 0 Å². The standard InChI is InChI=1S/C9H14N4O2/c1-3-13(2)9-11-8(15-12-9)6-7(14)4-5-10/h7,14H,3-4,6H2,1-2H3. The molecule has 0 saturated carbocycles. The monoisotopic (exact) mass is 210 g/mol. The van der Waals surface area contributed by atoms with Crippen LogP contribution in [0.3, 0.4) is 0 Å². The lowest BCUT2D eigenvalue weighted by atomic mass is 10.2. The summed E-state index contributed by atoms with van der Waals surface area (Å²) in [6, 6.07) is 1.88. The van der Waals surface area contributed by atoms with Gasteiger partial charge >= 0.3 is 0 Å². The van der Waals surface area contributed by atoms with Crippen molar-refractivity contribution < 1.29 is 9.63 Å². The van der Waals surface area contributed by atoms with Crippen molar-refractivity contribution in [2.45, 2.75) is 25.9 Å². The zero-order valence-electron chi connectivity index (χ0n) is 8.84. The van der Waals surface area contributed by atoms with Crippen molar-refractivity contribution in [2.75, 3.05) is 18.5 Å². The van der Waals surface area contributed by atoms with Gasteiger partial charge in [-0.2, -0.15) is 10.2 Å². The first-order valence-electron chi connectivity index (χ1n) is 4.76. The Morgan fingerprint density at radius 2 is 2.40 bits per heavy atom. The molecule has 1 N–H and O–H groups in total. The van der Waals surface area contributed by atoms with Crippen LogP contribution in [0.15, 0.2) is 4.52 Å². The molecule has 0 fully saturated rings. The third-order valence-electron chi connectivity index (χ3n) is 2.01. The van der Waals surface area contributed by atoms with E-state index in [1.54, 1.807) is 0 Å². The zero-order valence-corrected chi connectivity index (χ0v) is 8.84. The van der Waals surface area contributed by atoms with E-state index < -0.39 is 6.10 Å². The predicted molar refractivity (Wildman–Crippen MR) is 53.2 cm³/mol. The number of aromatic nitrogens is 2. The predicted octanol–water partition coefficient (Wildman–Crippen LogP) is 0.343. The van der Waals surface area contributed by atoms with Crippen LogP contribution in [-0.4, -0.2) is 34.9 Å². The van der Waals surface area contributed by atoms with Gasteiger partial charge in [-0.05, 0) is 12.1 Å². The van der Waals surface area contributed by atoms with Gasteiger partial charge in [-0.25, -0.2) is 0 Å². The molecule has 0 radical (unpaired) electrons. The SMILES string of the molecule is CCN(C)c1noc(CC(O)CC#N)n1. The Balaban J connectivity index is 2.57. The number of aliphatic hydroxyl groups is 1. The highest BCUT2D eigenvalue weighted by atomic mass is 16.5. The minimum atomic E-state index is -0.741. The van der Waals surface area contributed by atoms with E-state index in [9.17, 15) is 5.11 Å². The first kappa shape index (κ1) is 11.5. The van der Waals surface area contributed by atoms with Crippen molar-refractivity contribution in [2.24, 2.45) is 0 Å². The highest BCUT2D eigenvalue weighted by Crippen LogP contribution is 2.09. The summed E-state index contributed by atoms with van der Waals surface area (Å²) >= 11 is 0. The summed E-state index contributed by atoms with van der Waals surface area (Å²) in [5, 5.41) is 21.5. The van der Waals surface area contributed by atoms with Gasteiger partial charge in [-0.3, -0.25) is 0 Å². The van der Waals surface area contributed by atoms with Crippen LogP contribution in [0.1, 0.15) is 19.2 Å². The van der Waals surface area contributed by atoms with Crippen LogP contribution in [0.5, 0.6) is 0 Å². The smallest absolute Gasteiger partial charge is 0.265 e. The fraction of sp³-hybridized carbons (Fsp3) is 0.667. The minimum Gasteiger partial charge on any atom is -0.392 e. The van der Waals surface area contributed by atoms with Gasteiger partial charge in [0.05, 0.1) is 25.0 Å². The fourth-order valence-electron chi connectivity index (χ4n) is 1.00. The number of nitriles is 1. The molecule has 0 amide bonds. The van der Waals surface area contributed by atoms with E-state index in [-0.39, 0.29) is 12.8 Å². The molecule has 1 atom stereocenters. The van der Waals surface area contributed by atoms with Gasteiger partial charge in [-0.1, -0.05) is 0 Å². The molecule has 1 rings (SSSR count). The second-order valence-corrected chi connectivity index (χ2v) is 3.22. The van der Waals surface area contributed by atoms with Crippen LogP contribution in [0, 0.1) is 11.3 Å². The van der Waals surface area contributed by atoms with E-state index in [1.807, 2.05) is 24.9 Å². The Bertz CT molecular complexity index is 344. The van der Waals surface area contributed by atoms with Crippen molar-refractivity contribution in [1.29, 1.82) is 5.26 Å². The van der Waals surface area contributed by atoms with Gasteiger partial charge in [0.25, 0.3) is 5.95 Å². The highest BCUT2D eigenvalue weighted by Gasteiger charge is 2.13. The Labute approximate surface area is 88.1 Å². The first-order valence-corrected chi connectivity index (χ1v) is 4.76. The van der Waals surface area contributed by atoms with Crippen LogP contribution in [-0.2, 0) is 6.42 Å². The lowest BCUT2D eigenvalue weighted by Crippen LogP contribution is -2.17. The van der Waals surface area contributed by atoms with Gasteiger partial charge in [0.15, 0.2) is 0 Å². The molecule has 1 aromatic heterocycles. The minimum absolute atomic E-state index is 0.0708. The van der Waals surface area contributed by atoms with E-state index in [2.05, 4.69) is 10.1 Å². The van der Waals surface area contributed by atoms with E-state index in [1.165, 1.54) is 0 Å². The number of nitrogens with zero attached hydrogens (tertiary/aromatic N) is 4. The molecule has 0 aliphatic rings. The number of rotatable bonds is 5. The molecule has 1 aromatic rings. The van der Waals surface area contributed by atoms with Crippen molar-refractivity contribution in [3.63, 3.8) is 0 Å². The molecule has 0 bridgehead atoms. The maximum Gasteiger partial charge on any atom is 0.265 e. The molecule has 0 aliphatic heterocycles. The van der Waals surface area contributed by atoms with Crippen LogP contribution in [0.2, 0.25) is 0 Å². The third kappa shape index (κ3) is 3.22. The van der Waals surface area contributed by atoms with Crippen LogP contribution in [0.25, 0.3) is 0 Å². The molecule has 0 aromatic carbocycles. The molecule has 1 heterocycles. The van der Waals surface area contributed by atoms with Gasteiger partial charge < -0.3 is 14.5 Å². The lowest BCUT2D eigenvalue weighted by molar-refractivity contribution is 0.167. The Morgan fingerprint density at radius 3 is 3.00 bits per heavy atom.